The maximum atomic E-state index is 12.9. The molecule has 1 aromatic heterocycles. The van der Waals surface area contributed by atoms with E-state index < -0.39 is 11.7 Å². The van der Waals surface area contributed by atoms with E-state index in [0.717, 1.165) is 17.8 Å². The lowest BCUT2D eigenvalue weighted by Gasteiger charge is -2.08. The molecule has 0 fully saturated rings. The maximum absolute atomic E-state index is 12.9. The van der Waals surface area contributed by atoms with E-state index in [1.165, 1.54) is 6.20 Å². The quantitative estimate of drug-likeness (QED) is 0.798. The highest BCUT2D eigenvalue weighted by atomic mass is 19.1. The van der Waals surface area contributed by atoms with E-state index in [0.29, 0.717) is 11.4 Å². The van der Waals surface area contributed by atoms with Crippen molar-refractivity contribution < 1.29 is 9.18 Å². The Balaban J connectivity index is 2.21. The zero-order chi connectivity index (χ0) is 13.1. The lowest BCUT2D eigenvalue weighted by molar-refractivity contribution is 0.102. The number of benzene rings is 1. The molecule has 5 heteroatoms. The van der Waals surface area contributed by atoms with Gasteiger partial charge in [0.1, 0.15) is 5.82 Å². The van der Waals surface area contributed by atoms with E-state index in [4.69, 9.17) is 5.73 Å². The van der Waals surface area contributed by atoms with Crippen LogP contribution in [0.1, 0.15) is 15.9 Å². The van der Waals surface area contributed by atoms with Crippen molar-refractivity contribution in [3.63, 3.8) is 0 Å². The third-order valence-corrected chi connectivity index (χ3v) is 2.47. The van der Waals surface area contributed by atoms with Crippen LogP contribution in [0.5, 0.6) is 0 Å². The van der Waals surface area contributed by atoms with E-state index in [-0.39, 0.29) is 5.56 Å². The number of nitrogen functional groups attached to an aromatic ring is 1. The summed E-state index contributed by atoms with van der Waals surface area (Å²) >= 11 is 0. The summed E-state index contributed by atoms with van der Waals surface area (Å²) in [5.74, 6) is -0.952. The van der Waals surface area contributed by atoms with Crippen LogP contribution in [0.3, 0.4) is 0 Å². The second kappa shape index (κ2) is 4.83. The molecular formula is C13H12FN3O. The van der Waals surface area contributed by atoms with Crippen molar-refractivity contribution in [1.82, 2.24) is 4.98 Å². The number of carbonyl (C=O) groups excluding carboxylic acids is 1. The summed E-state index contributed by atoms with van der Waals surface area (Å²) in [4.78, 5) is 15.5. The van der Waals surface area contributed by atoms with Gasteiger partial charge in [-0.1, -0.05) is 0 Å². The van der Waals surface area contributed by atoms with Crippen LogP contribution in [-0.2, 0) is 0 Å². The van der Waals surface area contributed by atoms with Crippen molar-refractivity contribution in [2.45, 2.75) is 6.92 Å². The number of halogens is 1. The fourth-order valence-electron chi connectivity index (χ4n) is 1.56. The predicted molar refractivity (Wildman–Crippen MR) is 67.7 cm³/mol. The molecule has 0 aliphatic carbocycles. The first-order valence-corrected chi connectivity index (χ1v) is 5.34. The average Bonchev–Trinajstić information content (AvgIpc) is 2.32. The molecule has 1 aromatic carbocycles. The number of rotatable bonds is 2. The van der Waals surface area contributed by atoms with Crippen molar-refractivity contribution in [2.75, 3.05) is 11.1 Å². The molecule has 0 spiro atoms. The molecule has 0 atom stereocenters. The van der Waals surface area contributed by atoms with Crippen molar-refractivity contribution in [1.29, 1.82) is 0 Å². The van der Waals surface area contributed by atoms with Crippen molar-refractivity contribution in [2.24, 2.45) is 0 Å². The number of nitrogens with one attached hydrogen (secondary N) is 1. The topological polar surface area (TPSA) is 68.0 Å². The summed E-state index contributed by atoms with van der Waals surface area (Å²) in [5.41, 5.74) is 7.89. The summed E-state index contributed by atoms with van der Waals surface area (Å²) in [6, 6.07) is 6.27. The van der Waals surface area contributed by atoms with Gasteiger partial charge in [0.15, 0.2) is 0 Å². The molecule has 0 aliphatic rings. The lowest BCUT2D eigenvalue weighted by Crippen LogP contribution is -2.13. The van der Waals surface area contributed by atoms with Crippen LogP contribution in [0.2, 0.25) is 0 Å². The van der Waals surface area contributed by atoms with Gasteiger partial charge >= 0.3 is 0 Å². The van der Waals surface area contributed by atoms with Gasteiger partial charge in [-0.2, -0.15) is 0 Å². The number of nitrogens with two attached hydrogens (primary N) is 1. The van der Waals surface area contributed by atoms with Gasteiger partial charge in [-0.05, 0) is 36.8 Å². The third kappa shape index (κ3) is 2.63. The van der Waals surface area contributed by atoms with Gasteiger partial charge in [-0.15, -0.1) is 0 Å². The molecule has 1 heterocycles. The van der Waals surface area contributed by atoms with E-state index in [9.17, 15) is 9.18 Å². The van der Waals surface area contributed by atoms with Gasteiger partial charge in [0.25, 0.3) is 5.91 Å². The predicted octanol–water partition coefficient (Wildman–Crippen LogP) is 2.36. The minimum atomic E-state index is -0.545. The van der Waals surface area contributed by atoms with Gasteiger partial charge in [0, 0.05) is 17.6 Å². The maximum Gasteiger partial charge on any atom is 0.257 e. The number of nitrogens with zero attached hydrogens (tertiary/aromatic N) is 1. The van der Waals surface area contributed by atoms with Crippen molar-refractivity contribution in [3.05, 3.63) is 53.6 Å². The molecule has 2 rings (SSSR count). The second-order valence-electron chi connectivity index (χ2n) is 3.92. The van der Waals surface area contributed by atoms with Gasteiger partial charge in [0.05, 0.1) is 11.8 Å². The number of anilines is 2. The molecule has 4 nitrogen and oxygen atoms in total. The number of aromatic nitrogens is 1. The zero-order valence-corrected chi connectivity index (χ0v) is 9.77. The number of hydrogen-bond acceptors (Lipinski definition) is 3. The summed E-state index contributed by atoms with van der Waals surface area (Å²) in [5, 5.41) is 2.68. The molecule has 1 amide bonds. The van der Waals surface area contributed by atoms with Crippen LogP contribution in [-0.4, -0.2) is 10.9 Å². The molecule has 0 saturated heterocycles. The number of carbonyl (C=O) groups is 1. The van der Waals surface area contributed by atoms with E-state index in [2.05, 4.69) is 10.3 Å². The Morgan fingerprint density at radius 2 is 2.11 bits per heavy atom. The summed E-state index contributed by atoms with van der Waals surface area (Å²) in [6.45, 7) is 1.83. The van der Waals surface area contributed by atoms with Crippen LogP contribution in [0.25, 0.3) is 0 Å². The van der Waals surface area contributed by atoms with Crippen LogP contribution in [0.15, 0.2) is 36.7 Å². The van der Waals surface area contributed by atoms with E-state index in [1.807, 2.05) is 6.92 Å². The van der Waals surface area contributed by atoms with Gasteiger partial charge < -0.3 is 11.1 Å². The largest absolute Gasteiger partial charge is 0.399 e. The highest BCUT2D eigenvalue weighted by Gasteiger charge is 2.09. The Morgan fingerprint density at radius 1 is 1.33 bits per heavy atom. The monoisotopic (exact) mass is 245 g/mol. The summed E-state index contributed by atoms with van der Waals surface area (Å²) in [6.07, 6.45) is 2.36. The SMILES string of the molecule is Cc1cc(N)ccc1NC(=O)c1cncc(F)c1. The standard InChI is InChI=1S/C13H12FN3O/c1-8-4-11(15)2-3-12(8)17-13(18)9-5-10(14)7-16-6-9/h2-7H,15H2,1H3,(H,17,18). The summed E-state index contributed by atoms with van der Waals surface area (Å²) < 4.78 is 12.9. The molecule has 0 aliphatic heterocycles. The normalized spacial score (nSPS) is 10.1. The third-order valence-electron chi connectivity index (χ3n) is 2.47. The molecule has 0 bridgehead atoms. The molecule has 0 radical (unpaired) electrons. The fourth-order valence-corrected chi connectivity index (χ4v) is 1.56. The van der Waals surface area contributed by atoms with Crippen LogP contribution < -0.4 is 11.1 Å². The second-order valence-corrected chi connectivity index (χ2v) is 3.92. The van der Waals surface area contributed by atoms with Crippen LogP contribution >= 0.6 is 0 Å². The fraction of sp³-hybridized carbons (Fsp3) is 0.0769. The molecule has 92 valence electrons. The smallest absolute Gasteiger partial charge is 0.257 e. The Bertz CT molecular complexity index is 599. The molecule has 0 saturated carbocycles. The average molecular weight is 245 g/mol. The first-order chi connectivity index (χ1) is 8.56. The number of aryl methyl sites for hydroxylation is 1. The zero-order valence-electron chi connectivity index (χ0n) is 9.77. The number of amides is 1. The molecular weight excluding hydrogens is 233 g/mol. The first-order valence-electron chi connectivity index (χ1n) is 5.34. The van der Waals surface area contributed by atoms with Gasteiger partial charge in [-0.25, -0.2) is 4.39 Å². The van der Waals surface area contributed by atoms with Gasteiger partial charge in [-0.3, -0.25) is 9.78 Å². The Labute approximate surface area is 104 Å². The highest BCUT2D eigenvalue weighted by molar-refractivity contribution is 6.04. The van der Waals surface area contributed by atoms with Crippen LogP contribution in [0, 0.1) is 12.7 Å². The van der Waals surface area contributed by atoms with Crippen molar-refractivity contribution in [3.8, 4) is 0 Å². The number of pyridine rings is 1. The molecule has 18 heavy (non-hydrogen) atoms. The highest BCUT2D eigenvalue weighted by Crippen LogP contribution is 2.18. The molecule has 3 N–H and O–H groups in total. The minimum absolute atomic E-state index is 0.172. The van der Waals surface area contributed by atoms with Crippen LogP contribution in [0.4, 0.5) is 15.8 Å². The van der Waals surface area contributed by atoms with E-state index >= 15 is 0 Å². The lowest BCUT2D eigenvalue weighted by atomic mass is 10.1. The molecule has 0 unspecified atom stereocenters. The Morgan fingerprint density at radius 3 is 2.78 bits per heavy atom. The Hall–Kier alpha value is -2.43. The number of hydrogen-bond donors (Lipinski definition) is 2. The molecule has 2 aromatic rings. The summed E-state index contributed by atoms with van der Waals surface area (Å²) in [7, 11) is 0. The van der Waals surface area contributed by atoms with Crippen molar-refractivity contribution >= 4 is 17.3 Å². The minimum Gasteiger partial charge on any atom is -0.399 e. The first kappa shape index (κ1) is 12.0. The van der Waals surface area contributed by atoms with E-state index in [1.54, 1.807) is 18.2 Å². The Kier molecular flexibility index (Phi) is 3.23. The van der Waals surface area contributed by atoms with Gasteiger partial charge in [0.2, 0.25) is 0 Å².